The molecular formula is C13H17NO4. The fourth-order valence-corrected chi connectivity index (χ4v) is 2.22. The maximum absolute atomic E-state index is 11.9. The van der Waals surface area contributed by atoms with Crippen molar-refractivity contribution < 1.29 is 19.7 Å². The summed E-state index contributed by atoms with van der Waals surface area (Å²) in [7, 11) is 1.67. The summed E-state index contributed by atoms with van der Waals surface area (Å²) >= 11 is 0. The average molecular weight is 251 g/mol. The molecule has 98 valence electrons. The van der Waals surface area contributed by atoms with Gasteiger partial charge in [-0.15, -0.1) is 0 Å². The minimum absolute atomic E-state index is 0.110. The van der Waals surface area contributed by atoms with Gasteiger partial charge < -0.3 is 20.3 Å². The van der Waals surface area contributed by atoms with Crippen LogP contribution in [-0.2, 0) is 4.74 Å². The second kappa shape index (κ2) is 5.27. The average Bonchev–Trinajstić information content (AvgIpc) is 2.80. The van der Waals surface area contributed by atoms with Gasteiger partial charge >= 0.3 is 0 Å². The lowest BCUT2D eigenvalue weighted by atomic mass is 10.1. The molecule has 5 heteroatoms. The van der Waals surface area contributed by atoms with Crippen LogP contribution in [0.1, 0.15) is 29.6 Å². The molecule has 0 heterocycles. The van der Waals surface area contributed by atoms with Crippen LogP contribution in [-0.4, -0.2) is 35.4 Å². The van der Waals surface area contributed by atoms with E-state index in [-0.39, 0.29) is 29.6 Å². The molecule has 0 spiro atoms. The summed E-state index contributed by atoms with van der Waals surface area (Å²) in [6.45, 7) is 0. The lowest BCUT2D eigenvalue weighted by Gasteiger charge is -2.13. The molecule has 5 nitrogen and oxygen atoms in total. The van der Waals surface area contributed by atoms with E-state index in [9.17, 15) is 15.0 Å². The molecule has 1 aliphatic rings. The molecule has 0 aliphatic heterocycles. The number of hydrogen-bond acceptors (Lipinski definition) is 4. The number of nitrogens with one attached hydrogen (secondary N) is 1. The summed E-state index contributed by atoms with van der Waals surface area (Å²) in [4.78, 5) is 11.9. The van der Waals surface area contributed by atoms with Crippen molar-refractivity contribution >= 4 is 5.91 Å². The van der Waals surface area contributed by atoms with E-state index in [1.54, 1.807) is 7.11 Å². The highest BCUT2D eigenvalue weighted by Gasteiger charge is 2.26. The van der Waals surface area contributed by atoms with Gasteiger partial charge in [-0.3, -0.25) is 4.79 Å². The SMILES string of the molecule is COC1CCC(NC(=O)c2ccc(O)c(O)c2)C1. The zero-order valence-corrected chi connectivity index (χ0v) is 10.2. The predicted octanol–water partition coefficient (Wildman–Crippen LogP) is 1.40. The van der Waals surface area contributed by atoms with Gasteiger partial charge in [0.2, 0.25) is 0 Å². The number of carbonyl (C=O) groups is 1. The number of carbonyl (C=O) groups excluding carboxylic acids is 1. The lowest BCUT2D eigenvalue weighted by Crippen LogP contribution is -2.33. The smallest absolute Gasteiger partial charge is 0.251 e. The summed E-state index contributed by atoms with van der Waals surface area (Å²) in [5.74, 6) is -0.761. The van der Waals surface area contributed by atoms with Gasteiger partial charge in [-0.25, -0.2) is 0 Å². The Kier molecular flexibility index (Phi) is 3.72. The van der Waals surface area contributed by atoms with Crippen LogP contribution in [0.25, 0.3) is 0 Å². The number of hydrogen-bond donors (Lipinski definition) is 3. The maximum atomic E-state index is 11.9. The minimum atomic E-state index is -0.288. The first kappa shape index (κ1) is 12.7. The van der Waals surface area contributed by atoms with Crippen LogP contribution in [0.2, 0.25) is 0 Å². The van der Waals surface area contributed by atoms with Gasteiger partial charge in [0.25, 0.3) is 5.91 Å². The Morgan fingerprint density at radius 3 is 2.72 bits per heavy atom. The number of aromatic hydroxyl groups is 2. The Morgan fingerprint density at radius 2 is 2.11 bits per heavy atom. The van der Waals surface area contributed by atoms with Gasteiger partial charge in [0, 0.05) is 18.7 Å². The van der Waals surface area contributed by atoms with Crippen LogP contribution < -0.4 is 5.32 Å². The van der Waals surface area contributed by atoms with Gasteiger partial charge in [0.05, 0.1) is 6.10 Å². The Labute approximate surface area is 105 Å². The standard InChI is InChI=1S/C13H17NO4/c1-18-10-4-3-9(7-10)14-13(17)8-2-5-11(15)12(16)6-8/h2,5-6,9-10,15-16H,3-4,7H2,1H3,(H,14,17). The molecule has 1 amide bonds. The second-order valence-electron chi connectivity index (χ2n) is 4.54. The first-order valence-corrected chi connectivity index (χ1v) is 5.95. The van der Waals surface area contributed by atoms with E-state index in [0.717, 1.165) is 19.3 Å². The number of amides is 1. The third kappa shape index (κ3) is 2.73. The number of ether oxygens (including phenoxy) is 1. The minimum Gasteiger partial charge on any atom is -0.504 e. The lowest BCUT2D eigenvalue weighted by molar-refractivity contribution is 0.0914. The molecule has 1 fully saturated rings. The number of phenols is 2. The van der Waals surface area contributed by atoms with Crippen molar-refractivity contribution in [1.82, 2.24) is 5.32 Å². The van der Waals surface area contributed by atoms with Gasteiger partial charge in [-0.05, 0) is 37.5 Å². The number of benzene rings is 1. The van der Waals surface area contributed by atoms with Gasteiger partial charge in [0.15, 0.2) is 11.5 Å². The number of rotatable bonds is 3. The third-order valence-corrected chi connectivity index (χ3v) is 3.29. The summed E-state index contributed by atoms with van der Waals surface area (Å²) in [6.07, 6.45) is 2.87. The maximum Gasteiger partial charge on any atom is 0.251 e. The zero-order chi connectivity index (χ0) is 13.1. The molecule has 3 N–H and O–H groups in total. The van der Waals surface area contributed by atoms with Crippen LogP contribution in [0.15, 0.2) is 18.2 Å². The molecule has 0 saturated heterocycles. The molecule has 2 atom stereocenters. The van der Waals surface area contributed by atoms with E-state index in [2.05, 4.69) is 5.32 Å². The van der Waals surface area contributed by atoms with E-state index in [1.165, 1.54) is 18.2 Å². The highest BCUT2D eigenvalue weighted by Crippen LogP contribution is 2.26. The Morgan fingerprint density at radius 1 is 1.33 bits per heavy atom. The van der Waals surface area contributed by atoms with E-state index in [4.69, 9.17) is 4.74 Å². The Balaban J connectivity index is 1.97. The molecule has 2 unspecified atom stereocenters. The first-order valence-electron chi connectivity index (χ1n) is 5.95. The van der Waals surface area contributed by atoms with Gasteiger partial charge in [-0.2, -0.15) is 0 Å². The van der Waals surface area contributed by atoms with Crippen molar-refractivity contribution in [3.05, 3.63) is 23.8 Å². The molecule has 1 aliphatic carbocycles. The summed E-state index contributed by atoms with van der Waals surface area (Å²) in [5, 5.41) is 21.4. The van der Waals surface area contributed by atoms with Crippen molar-refractivity contribution in [3.63, 3.8) is 0 Å². The van der Waals surface area contributed by atoms with E-state index in [0.29, 0.717) is 5.56 Å². The van der Waals surface area contributed by atoms with Crippen molar-refractivity contribution in [2.75, 3.05) is 7.11 Å². The predicted molar refractivity (Wildman–Crippen MR) is 65.7 cm³/mol. The van der Waals surface area contributed by atoms with E-state index in [1.807, 2.05) is 0 Å². The largest absolute Gasteiger partial charge is 0.504 e. The normalized spacial score (nSPS) is 22.9. The molecule has 1 saturated carbocycles. The number of phenolic OH excluding ortho intramolecular Hbond substituents is 2. The van der Waals surface area contributed by atoms with Crippen LogP contribution >= 0.6 is 0 Å². The molecular weight excluding hydrogens is 234 g/mol. The quantitative estimate of drug-likeness (QED) is 0.709. The molecule has 0 aromatic heterocycles. The monoisotopic (exact) mass is 251 g/mol. The van der Waals surface area contributed by atoms with Gasteiger partial charge in [0.1, 0.15) is 0 Å². The van der Waals surface area contributed by atoms with Crippen molar-refractivity contribution in [2.24, 2.45) is 0 Å². The summed E-state index contributed by atoms with van der Waals surface area (Å²) in [6, 6.07) is 4.15. The van der Waals surface area contributed by atoms with Crippen molar-refractivity contribution in [1.29, 1.82) is 0 Å². The second-order valence-corrected chi connectivity index (χ2v) is 4.54. The molecule has 18 heavy (non-hydrogen) atoms. The fraction of sp³-hybridized carbons (Fsp3) is 0.462. The van der Waals surface area contributed by atoms with Crippen LogP contribution in [0.3, 0.4) is 0 Å². The number of methoxy groups -OCH3 is 1. The Hall–Kier alpha value is -1.75. The van der Waals surface area contributed by atoms with E-state index < -0.39 is 0 Å². The van der Waals surface area contributed by atoms with Crippen molar-refractivity contribution in [2.45, 2.75) is 31.4 Å². The van der Waals surface area contributed by atoms with Crippen LogP contribution in [0, 0.1) is 0 Å². The Bertz CT molecular complexity index is 447. The van der Waals surface area contributed by atoms with Crippen LogP contribution in [0.4, 0.5) is 0 Å². The van der Waals surface area contributed by atoms with Crippen molar-refractivity contribution in [3.8, 4) is 11.5 Å². The zero-order valence-electron chi connectivity index (χ0n) is 10.2. The van der Waals surface area contributed by atoms with E-state index >= 15 is 0 Å². The fourth-order valence-electron chi connectivity index (χ4n) is 2.22. The highest BCUT2D eigenvalue weighted by molar-refractivity contribution is 5.95. The van der Waals surface area contributed by atoms with Gasteiger partial charge in [-0.1, -0.05) is 0 Å². The summed E-state index contributed by atoms with van der Waals surface area (Å²) in [5.41, 5.74) is 0.339. The molecule has 0 bridgehead atoms. The first-order chi connectivity index (χ1) is 8.60. The topological polar surface area (TPSA) is 78.8 Å². The molecule has 0 radical (unpaired) electrons. The molecule has 2 rings (SSSR count). The summed E-state index contributed by atoms with van der Waals surface area (Å²) < 4.78 is 5.24. The van der Waals surface area contributed by atoms with Crippen LogP contribution in [0.5, 0.6) is 11.5 Å². The molecule has 1 aromatic rings. The highest BCUT2D eigenvalue weighted by atomic mass is 16.5. The molecule has 1 aromatic carbocycles. The third-order valence-electron chi connectivity index (χ3n) is 3.29.